The third-order valence-corrected chi connectivity index (χ3v) is 1.87. The third kappa shape index (κ3) is 11.9. The highest BCUT2D eigenvalue weighted by Crippen LogP contribution is 2.29. The lowest BCUT2D eigenvalue weighted by Crippen LogP contribution is -2.24. The summed E-state index contributed by atoms with van der Waals surface area (Å²) in [6.07, 6.45) is -5.28. The standard InChI is InChI=1S/C6H9F6NS/c7-5(8,9)1-2-13-3-4-14-6(10,11)12/h13H,1-4H2. The van der Waals surface area contributed by atoms with Gasteiger partial charge in [-0.3, -0.25) is 0 Å². The number of alkyl halides is 6. The Bertz CT molecular complexity index is 135. The van der Waals surface area contributed by atoms with E-state index in [0.717, 1.165) is 0 Å². The normalized spacial score (nSPS) is 13.3. The predicted octanol–water partition coefficient (Wildman–Crippen LogP) is 2.78. The summed E-state index contributed by atoms with van der Waals surface area (Å²) >= 11 is -0.252. The van der Waals surface area contributed by atoms with Crippen molar-refractivity contribution < 1.29 is 26.3 Å². The van der Waals surface area contributed by atoms with Crippen LogP contribution in [0.15, 0.2) is 0 Å². The first-order chi connectivity index (χ1) is 6.21. The summed E-state index contributed by atoms with van der Waals surface area (Å²) in [5.41, 5.74) is -4.31. The Hall–Kier alpha value is -0.110. The van der Waals surface area contributed by atoms with Crippen molar-refractivity contribution in [1.82, 2.24) is 5.32 Å². The van der Waals surface area contributed by atoms with Gasteiger partial charge in [-0.25, -0.2) is 0 Å². The number of nitrogens with one attached hydrogen (secondary N) is 1. The summed E-state index contributed by atoms with van der Waals surface area (Å²) in [5, 5.41) is 2.27. The molecule has 0 aliphatic carbocycles. The average molecular weight is 241 g/mol. The smallest absolute Gasteiger partial charge is 0.316 e. The lowest BCUT2D eigenvalue weighted by molar-refractivity contribution is -0.133. The van der Waals surface area contributed by atoms with Crippen molar-refractivity contribution in [1.29, 1.82) is 0 Å². The minimum absolute atomic E-state index is 0.0831. The van der Waals surface area contributed by atoms with E-state index in [9.17, 15) is 26.3 Å². The lowest BCUT2D eigenvalue weighted by Gasteiger charge is -2.08. The minimum Gasteiger partial charge on any atom is -0.316 e. The molecule has 0 radical (unpaired) electrons. The molecular formula is C6H9F6NS. The van der Waals surface area contributed by atoms with Gasteiger partial charge in [0.25, 0.3) is 0 Å². The van der Waals surface area contributed by atoms with Gasteiger partial charge in [-0.05, 0) is 11.8 Å². The number of rotatable bonds is 5. The Balaban J connectivity index is 3.23. The molecular weight excluding hydrogens is 232 g/mol. The van der Waals surface area contributed by atoms with E-state index in [4.69, 9.17) is 0 Å². The number of hydrogen-bond donors (Lipinski definition) is 1. The van der Waals surface area contributed by atoms with Gasteiger partial charge in [-0.2, -0.15) is 26.3 Å². The second kappa shape index (κ2) is 5.69. The van der Waals surface area contributed by atoms with Gasteiger partial charge in [-0.15, -0.1) is 0 Å². The zero-order chi connectivity index (χ0) is 11.2. The molecule has 0 atom stereocenters. The molecule has 1 N–H and O–H groups in total. The Kier molecular flexibility index (Phi) is 5.65. The molecule has 0 saturated carbocycles. The van der Waals surface area contributed by atoms with Crippen LogP contribution in [0.3, 0.4) is 0 Å². The predicted molar refractivity (Wildman–Crippen MR) is 42.1 cm³/mol. The lowest BCUT2D eigenvalue weighted by atomic mass is 10.4. The SMILES string of the molecule is FC(F)(F)CCNCCSC(F)(F)F. The molecule has 0 fully saturated rings. The van der Waals surface area contributed by atoms with E-state index in [1.807, 2.05) is 0 Å². The second-order valence-corrected chi connectivity index (χ2v) is 3.57. The van der Waals surface area contributed by atoms with Crippen molar-refractivity contribution >= 4 is 11.8 Å². The van der Waals surface area contributed by atoms with E-state index in [-0.39, 0.29) is 30.6 Å². The molecule has 0 amide bonds. The maximum absolute atomic E-state index is 11.5. The Morgan fingerprint density at radius 1 is 0.929 bits per heavy atom. The molecule has 8 heteroatoms. The van der Waals surface area contributed by atoms with Crippen LogP contribution in [0, 0.1) is 0 Å². The van der Waals surface area contributed by atoms with Crippen molar-refractivity contribution in [3.05, 3.63) is 0 Å². The molecule has 0 aliphatic rings. The zero-order valence-electron chi connectivity index (χ0n) is 7.00. The fourth-order valence-electron chi connectivity index (χ4n) is 0.594. The molecule has 0 unspecified atom stereocenters. The van der Waals surface area contributed by atoms with Gasteiger partial charge in [0, 0.05) is 18.8 Å². The largest absolute Gasteiger partial charge is 0.441 e. The van der Waals surface area contributed by atoms with Crippen molar-refractivity contribution in [3.63, 3.8) is 0 Å². The monoisotopic (exact) mass is 241 g/mol. The van der Waals surface area contributed by atoms with Gasteiger partial charge in [0.15, 0.2) is 0 Å². The fourth-order valence-corrected chi connectivity index (χ4v) is 1.07. The van der Waals surface area contributed by atoms with Crippen LogP contribution in [0.2, 0.25) is 0 Å². The molecule has 0 heterocycles. The highest BCUT2D eigenvalue weighted by atomic mass is 32.2. The highest BCUT2D eigenvalue weighted by molar-refractivity contribution is 8.00. The number of hydrogen-bond acceptors (Lipinski definition) is 2. The Labute approximate surface area is 81.2 Å². The molecule has 86 valence electrons. The second-order valence-electron chi connectivity index (χ2n) is 2.41. The van der Waals surface area contributed by atoms with Crippen molar-refractivity contribution in [2.45, 2.75) is 18.1 Å². The van der Waals surface area contributed by atoms with Crippen molar-refractivity contribution in [2.75, 3.05) is 18.8 Å². The molecule has 0 aromatic rings. The maximum atomic E-state index is 11.5. The summed E-state index contributed by atoms with van der Waals surface area (Å²) in [6.45, 7) is -0.428. The first-order valence-electron chi connectivity index (χ1n) is 3.69. The van der Waals surface area contributed by atoms with Crippen LogP contribution in [0.1, 0.15) is 6.42 Å². The van der Waals surface area contributed by atoms with Gasteiger partial charge in [0.1, 0.15) is 0 Å². The highest BCUT2D eigenvalue weighted by Gasteiger charge is 2.28. The fraction of sp³-hybridized carbons (Fsp3) is 1.00. The maximum Gasteiger partial charge on any atom is 0.441 e. The third-order valence-electron chi connectivity index (χ3n) is 1.13. The first kappa shape index (κ1) is 13.9. The van der Waals surface area contributed by atoms with E-state index in [0.29, 0.717) is 0 Å². The summed E-state index contributed by atoms with van der Waals surface area (Å²) in [5.74, 6) is -0.276. The Morgan fingerprint density at radius 3 is 1.93 bits per heavy atom. The molecule has 1 nitrogen and oxygen atoms in total. The molecule has 0 aromatic carbocycles. The van der Waals surface area contributed by atoms with Crippen molar-refractivity contribution in [3.8, 4) is 0 Å². The molecule has 0 aliphatic heterocycles. The molecule has 0 spiro atoms. The van der Waals surface area contributed by atoms with E-state index in [2.05, 4.69) is 5.32 Å². The van der Waals surface area contributed by atoms with Crippen LogP contribution in [-0.2, 0) is 0 Å². The van der Waals surface area contributed by atoms with Crippen LogP contribution in [0.25, 0.3) is 0 Å². The average Bonchev–Trinajstić information content (AvgIpc) is 1.92. The summed E-state index contributed by atoms with van der Waals surface area (Å²) in [6, 6.07) is 0. The van der Waals surface area contributed by atoms with Crippen LogP contribution in [0.5, 0.6) is 0 Å². The van der Waals surface area contributed by atoms with Gasteiger partial charge < -0.3 is 5.32 Å². The van der Waals surface area contributed by atoms with E-state index in [1.165, 1.54) is 0 Å². The molecule has 0 rings (SSSR count). The van der Waals surface area contributed by atoms with Crippen LogP contribution < -0.4 is 5.32 Å². The number of halogens is 6. The zero-order valence-corrected chi connectivity index (χ0v) is 7.82. The minimum atomic E-state index is -4.31. The quantitative estimate of drug-likeness (QED) is 0.586. The number of thioether (sulfide) groups is 1. The van der Waals surface area contributed by atoms with Gasteiger partial charge in [0.2, 0.25) is 0 Å². The van der Waals surface area contributed by atoms with E-state index < -0.39 is 18.1 Å². The summed E-state index contributed by atoms with van der Waals surface area (Å²) in [7, 11) is 0. The van der Waals surface area contributed by atoms with Gasteiger partial charge in [0.05, 0.1) is 6.42 Å². The molecule has 0 bridgehead atoms. The topological polar surface area (TPSA) is 12.0 Å². The molecule has 0 aromatic heterocycles. The van der Waals surface area contributed by atoms with E-state index >= 15 is 0 Å². The van der Waals surface area contributed by atoms with Crippen LogP contribution >= 0.6 is 11.8 Å². The summed E-state index contributed by atoms with van der Waals surface area (Å²) < 4.78 is 69.1. The van der Waals surface area contributed by atoms with Gasteiger partial charge in [-0.1, -0.05) is 0 Å². The molecule has 0 saturated heterocycles. The first-order valence-corrected chi connectivity index (χ1v) is 4.67. The summed E-state index contributed by atoms with van der Waals surface area (Å²) in [4.78, 5) is 0. The van der Waals surface area contributed by atoms with Crippen LogP contribution in [0.4, 0.5) is 26.3 Å². The van der Waals surface area contributed by atoms with E-state index in [1.54, 1.807) is 0 Å². The Morgan fingerprint density at radius 2 is 1.50 bits per heavy atom. The van der Waals surface area contributed by atoms with Crippen LogP contribution in [-0.4, -0.2) is 30.5 Å². The van der Waals surface area contributed by atoms with Crippen molar-refractivity contribution in [2.24, 2.45) is 0 Å². The van der Waals surface area contributed by atoms with Gasteiger partial charge >= 0.3 is 11.7 Å². The molecule has 14 heavy (non-hydrogen) atoms.